The van der Waals surface area contributed by atoms with E-state index in [1.165, 1.54) is 0 Å². The average molecular weight is 376 g/mol. The van der Waals surface area contributed by atoms with Crippen LogP contribution in [0.5, 0.6) is 0 Å². The molecular formula is C19H28N4O4. The number of rotatable bonds is 8. The molecule has 148 valence electrons. The van der Waals surface area contributed by atoms with E-state index in [0.29, 0.717) is 17.8 Å². The van der Waals surface area contributed by atoms with Gasteiger partial charge in [0, 0.05) is 18.1 Å². The Morgan fingerprint density at radius 2 is 1.89 bits per heavy atom. The third kappa shape index (κ3) is 5.96. The van der Waals surface area contributed by atoms with Crippen molar-refractivity contribution in [3.8, 4) is 0 Å². The van der Waals surface area contributed by atoms with Crippen molar-refractivity contribution in [3.63, 3.8) is 0 Å². The summed E-state index contributed by atoms with van der Waals surface area (Å²) in [5.74, 6) is -1.09. The Balaban J connectivity index is 1.92. The fourth-order valence-corrected chi connectivity index (χ4v) is 3.15. The zero-order valence-electron chi connectivity index (χ0n) is 16.0. The predicted molar refractivity (Wildman–Crippen MR) is 103 cm³/mol. The molecule has 1 fully saturated rings. The number of hydrogen-bond donors (Lipinski definition) is 4. The molecule has 8 heteroatoms. The second-order valence-electron chi connectivity index (χ2n) is 7.05. The van der Waals surface area contributed by atoms with Gasteiger partial charge in [0.15, 0.2) is 0 Å². The van der Waals surface area contributed by atoms with Gasteiger partial charge >= 0.3 is 12.0 Å². The molecule has 1 aromatic rings. The highest BCUT2D eigenvalue weighted by atomic mass is 16.4. The van der Waals surface area contributed by atoms with Crippen LogP contribution < -0.4 is 16.0 Å². The third-order valence-corrected chi connectivity index (χ3v) is 4.55. The van der Waals surface area contributed by atoms with Gasteiger partial charge in [-0.05, 0) is 45.4 Å². The van der Waals surface area contributed by atoms with Gasteiger partial charge in [-0.2, -0.15) is 0 Å². The quantitative estimate of drug-likeness (QED) is 0.554. The van der Waals surface area contributed by atoms with E-state index in [9.17, 15) is 14.4 Å². The van der Waals surface area contributed by atoms with Crippen LogP contribution in [0.4, 0.5) is 10.5 Å². The van der Waals surface area contributed by atoms with E-state index in [1.807, 2.05) is 25.7 Å². The maximum Gasteiger partial charge on any atom is 0.319 e. The molecule has 0 saturated heterocycles. The Morgan fingerprint density at radius 1 is 1.22 bits per heavy atom. The lowest BCUT2D eigenvalue weighted by molar-refractivity contribution is -0.139. The van der Waals surface area contributed by atoms with Crippen LogP contribution >= 0.6 is 0 Å². The van der Waals surface area contributed by atoms with Crippen molar-refractivity contribution in [2.45, 2.75) is 51.7 Å². The number of anilines is 1. The Bertz CT molecular complexity index is 686. The molecule has 0 spiro atoms. The largest absolute Gasteiger partial charge is 0.480 e. The van der Waals surface area contributed by atoms with E-state index < -0.39 is 5.97 Å². The van der Waals surface area contributed by atoms with Gasteiger partial charge in [0.25, 0.3) is 5.91 Å². The molecule has 1 aliphatic rings. The van der Waals surface area contributed by atoms with Crippen molar-refractivity contribution >= 4 is 23.6 Å². The number of para-hydroxylation sites is 1. The molecule has 1 aliphatic carbocycles. The Kier molecular flexibility index (Phi) is 7.18. The minimum atomic E-state index is -0.844. The first-order valence-electron chi connectivity index (χ1n) is 9.23. The van der Waals surface area contributed by atoms with Crippen LogP contribution in [0.25, 0.3) is 0 Å². The normalized spacial score (nSPS) is 18.7. The summed E-state index contributed by atoms with van der Waals surface area (Å²) < 4.78 is 0. The number of benzene rings is 1. The van der Waals surface area contributed by atoms with Crippen LogP contribution in [0, 0.1) is 0 Å². The van der Waals surface area contributed by atoms with Gasteiger partial charge in [0.2, 0.25) is 0 Å². The molecular weight excluding hydrogens is 348 g/mol. The minimum absolute atomic E-state index is 0.00268. The molecule has 3 amide bonds. The van der Waals surface area contributed by atoms with E-state index in [2.05, 4.69) is 16.0 Å². The van der Waals surface area contributed by atoms with Crippen molar-refractivity contribution < 1.29 is 19.5 Å². The standard InChI is InChI=1S/C19H28N4O4/c1-4-23(11-17(24)25)14-9-13(10-14)21-18(26)15-7-5-6-8-16(15)22-19(27)20-12(2)3/h5-8,12-14H,4,9-11H2,1-3H3,(H,21,26)(H,24,25)(H2,20,22,27). The number of amides is 3. The monoisotopic (exact) mass is 376 g/mol. The van der Waals surface area contributed by atoms with E-state index in [0.717, 1.165) is 12.8 Å². The highest BCUT2D eigenvalue weighted by Gasteiger charge is 2.35. The lowest BCUT2D eigenvalue weighted by atomic mass is 9.85. The highest BCUT2D eigenvalue weighted by molar-refractivity contribution is 6.03. The molecule has 2 rings (SSSR count). The van der Waals surface area contributed by atoms with Crippen LogP contribution in [-0.4, -0.2) is 59.1 Å². The van der Waals surface area contributed by atoms with Gasteiger partial charge in [-0.1, -0.05) is 19.1 Å². The number of hydrogen-bond acceptors (Lipinski definition) is 4. The minimum Gasteiger partial charge on any atom is -0.480 e. The molecule has 0 heterocycles. The van der Waals surface area contributed by atoms with Crippen LogP contribution in [-0.2, 0) is 4.79 Å². The first-order valence-corrected chi connectivity index (χ1v) is 9.23. The maximum absolute atomic E-state index is 12.6. The number of carboxylic acids is 1. The Hall–Kier alpha value is -2.61. The first kappa shape index (κ1) is 20.7. The topological polar surface area (TPSA) is 111 Å². The fourth-order valence-electron chi connectivity index (χ4n) is 3.15. The van der Waals surface area contributed by atoms with Gasteiger partial charge in [0.1, 0.15) is 0 Å². The molecule has 8 nitrogen and oxygen atoms in total. The van der Waals surface area contributed by atoms with E-state index in [4.69, 9.17) is 5.11 Å². The summed E-state index contributed by atoms with van der Waals surface area (Å²) >= 11 is 0. The Morgan fingerprint density at radius 3 is 2.48 bits per heavy atom. The van der Waals surface area contributed by atoms with Gasteiger partial charge in [-0.25, -0.2) is 4.79 Å². The van der Waals surface area contributed by atoms with Crippen molar-refractivity contribution in [3.05, 3.63) is 29.8 Å². The third-order valence-electron chi connectivity index (χ3n) is 4.55. The Labute approximate surface area is 159 Å². The summed E-state index contributed by atoms with van der Waals surface area (Å²) in [5, 5.41) is 17.3. The zero-order valence-corrected chi connectivity index (χ0v) is 16.0. The number of carbonyl (C=O) groups is 3. The molecule has 0 aliphatic heterocycles. The van der Waals surface area contributed by atoms with Crippen LogP contribution in [0.2, 0.25) is 0 Å². The summed E-state index contributed by atoms with van der Waals surface area (Å²) in [6.45, 7) is 6.32. The number of likely N-dealkylation sites (N-methyl/N-ethyl adjacent to an activating group) is 1. The molecule has 1 aromatic carbocycles. The summed E-state index contributed by atoms with van der Waals surface area (Å²) in [4.78, 5) is 37.3. The van der Waals surface area contributed by atoms with Gasteiger partial charge in [0.05, 0.1) is 17.8 Å². The lowest BCUT2D eigenvalue weighted by Crippen LogP contribution is -2.54. The second kappa shape index (κ2) is 9.36. The molecule has 0 unspecified atom stereocenters. The van der Waals surface area contributed by atoms with Crippen molar-refractivity contribution in [1.29, 1.82) is 0 Å². The summed E-state index contributed by atoms with van der Waals surface area (Å²) in [5.41, 5.74) is 0.850. The molecule has 0 radical (unpaired) electrons. The molecule has 0 atom stereocenters. The molecule has 0 aromatic heterocycles. The fraction of sp³-hybridized carbons (Fsp3) is 0.526. The number of aliphatic carboxylic acids is 1. The van der Waals surface area contributed by atoms with E-state index >= 15 is 0 Å². The summed E-state index contributed by atoms with van der Waals surface area (Å²) in [6.07, 6.45) is 1.44. The first-order chi connectivity index (χ1) is 12.8. The van der Waals surface area contributed by atoms with Gasteiger partial charge in [-0.15, -0.1) is 0 Å². The molecule has 0 bridgehead atoms. The van der Waals surface area contributed by atoms with Crippen molar-refractivity contribution in [2.24, 2.45) is 0 Å². The zero-order chi connectivity index (χ0) is 20.0. The van der Waals surface area contributed by atoms with Crippen molar-refractivity contribution in [2.75, 3.05) is 18.4 Å². The maximum atomic E-state index is 12.6. The summed E-state index contributed by atoms with van der Waals surface area (Å²) in [6, 6.07) is 6.65. The van der Waals surface area contributed by atoms with Crippen LogP contribution in [0.1, 0.15) is 44.0 Å². The van der Waals surface area contributed by atoms with E-state index in [1.54, 1.807) is 24.3 Å². The molecule has 4 N–H and O–H groups in total. The molecule has 27 heavy (non-hydrogen) atoms. The number of urea groups is 1. The highest BCUT2D eigenvalue weighted by Crippen LogP contribution is 2.26. The van der Waals surface area contributed by atoms with Crippen LogP contribution in [0.15, 0.2) is 24.3 Å². The number of nitrogens with one attached hydrogen (secondary N) is 3. The van der Waals surface area contributed by atoms with Crippen molar-refractivity contribution in [1.82, 2.24) is 15.5 Å². The SMILES string of the molecule is CCN(CC(=O)O)C1CC(NC(=O)c2ccccc2NC(=O)NC(C)C)C1. The molecule has 1 saturated carbocycles. The average Bonchev–Trinajstić information content (AvgIpc) is 2.55. The number of nitrogens with zero attached hydrogens (tertiary/aromatic N) is 1. The lowest BCUT2D eigenvalue weighted by Gasteiger charge is -2.42. The second-order valence-corrected chi connectivity index (χ2v) is 7.05. The van der Waals surface area contributed by atoms with Gasteiger partial charge < -0.3 is 21.1 Å². The summed E-state index contributed by atoms with van der Waals surface area (Å²) in [7, 11) is 0. The predicted octanol–water partition coefficient (Wildman–Crippen LogP) is 1.88. The number of carboxylic acid groups (broad SMARTS) is 1. The smallest absolute Gasteiger partial charge is 0.319 e. The number of carbonyl (C=O) groups excluding carboxylic acids is 2. The van der Waals surface area contributed by atoms with Crippen LogP contribution in [0.3, 0.4) is 0 Å². The van der Waals surface area contributed by atoms with Gasteiger partial charge in [-0.3, -0.25) is 14.5 Å². The van der Waals surface area contributed by atoms with E-state index in [-0.39, 0.29) is 36.6 Å².